The Bertz CT molecular complexity index is 1490. The number of phenolic OH excluding ortho intramolecular Hbond substituents is 1. The number of para-hydroxylation sites is 2. The molecule has 1 aromatic heterocycles. The van der Waals surface area contributed by atoms with Crippen molar-refractivity contribution < 1.29 is 9.90 Å². The Morgan fingerprint density at radius 1 is 1.18 bits per heavy atom. The number of rotatable bonds is 6. The number of aromatic nitrogens is 2. The molecule has 0 spiro atoms. The molecule has 7 nitrogen and oxygen atoms in total. The van der Waals surface area contributed by atoms with Crippen LogP contribution < -0.4 is 11.0 Å². The topological polar surface area (TPSA) is 96.6 Å². The number of carbonyl (C=O) groups excluding carboxylic acids is 1. The Kier molecular flexibility index (Phi) is 7.88. The third-order valence-electron chi connectivity index (χ3n) is 4.88. The number of nitrogens with zero attached hydrogens (tertiary/aromatic N) is 3. The quantitative estimate of drug-likeness (QED) is 0.0989. The number of hydrogen-bond donors (Lipinski definition) is 2. The van der Waals surface area contributed by atoms with E-state index in [0.29, 0.717) is 25.2 Å². The number of fused-ring (bicyclic) bond motifs is 1. The Labute approximate surface area is 227 Å². The minimum absolute atomic E-state index is 0.00381. The van der Waals surface area contributed by atoms with Gasteiger partial charge in [-0.1, -0.05) is 42.1 Å². The zero-order valence-electron chi connectivity index (χ0n) is 17.8. The van der Waals surface area contributed by atoms with Crippen LogP contribution in [0.2, 0.25) is 0 Å². The van der Waals surface area contributed by atoms with Crippen LogP contribution in [0, 0.1) is 14.1 Å². The van der Waals surface area contributed by atoms with Crippen molar-refractivity contribution >= 4 is 80.0 Å². The molecule has 4 aromatic rings. The Balaban J connectivity index is 1.58. The van der Waals surface area contributed by atoms with Crippen LogP contribution in [0.1, 0.15) is 11.1 Å². The highest BCUT2D eigenvalue weighted by molar-refractivity contribution is 14.1. The van der Waals surface area contributed by atoms with Crippen molar-refractivity contribution in [3.8, 4) is 11.4 Å². The van der Waals surface area contributed by atoms with Crippen LogP contribution in [0.25, 0.3) is 16.6 Å². The van der Waals surface area contributed by atoms with Crippen LogP contribution >= 0.6 is 56.9 Å². The maximum absolute atomic E-state index is 13.3. The molecule has 1 amide bonds. The largest absolute Gasteiger partial charge is 0.506 e. The van der Waals surface area contributed by atoms with E-state index < -0.39 is 0 Å². The molecule has 172 valence electrons. The molecule has 0 fully saturated rings. The molecule has 0 bridgehead atoms. The minimum Gasteiger partial charge on any atom is -0.506 e. The maximum Gasteiger partial charge on any atom is 0.266 e. The number of hydrogen-bond acceptors (Lipinski definition) is 6. The number of aromatic hydroxyl groups is 1. The molecule has 2 N–H and O–H groups in total. The Morgan fingerprint density at radius 3 is 2.71 bits per heavy atom. The summed E-state index contributed by atoms with van der Waals surface area (Å²) in [6.45, 7) is 1.92. The second-order valence-electron chi connectivity index (χ2n) is 7.25. The third-order valence-corrected chi connectivity index (χ3v) is 7.27. The summed E-state index contributed by atoms with van der Waals surface area (Å²) in [4.78, 5) is 30.4. The molecule has 0 aliphatic heterocycles. The maximum atomic E-state index is 13.3. The molecule has 0 atom stereocenters. The summed E-state index contributed by atoms with van der Waals surface area (Å²) < 4.78 is 3.19. The molecule has 0 aliphatic carbocycles. The van der Waals surface area contributed by atoms with E-state index in [1.807, 2.05) is 65.9 Å². The monoisotopic (exact) mass is 696 g/mol. The molecule has 3 aromatic carbocycles. The van der Waals surface area contributed by atoms with Crippen molar-refractivity contribution in [3.05, 3.63) is 89.3 Å². The fraction of sp³-hybridized carbons (Fsp3) is 0.0833. The molecule has 0 saturated heterocycles. The molecule has 0 aliphatic rings. The number of nitrogens with one attached hydrogen (secondary N) is 1. The van der Waals surface area contributed by atoms with Crippen molar-refractivity contribution in [2.45, 2.75) is 12.1 Å². The number of halogens is 2. The predicted octanol–water partition coefficient (Wildman–Crippen LogP) is 4.85. The number of hydrazone groups is 1. The SMILES string of the molecule is Cc1ccccc1-n1c(SCC(=O)N/N=C/c2cc(I)cc(I)c2O)nc2ccccc2c1=O. The summed E-state index contributed by atoms with van der Waals surface area (Å²) in [5.41, 5.74) is 5.00. The minimum atomic E-state index is -0.361. The lowest BCUT2D eigenvalue weighted by Gasteiger charge is -2.14. The highest BCUT2D eigenvalue weighted by Crippen LogP contribution is 2.26. The van der Waals surface area contributed by atoms with Gasteiger partial charge in [-0.05, 0) is 88.0 Å². The van der Waals surface area contributed by atoms with Gasteiger partial charge < -0.3 is 5.11 Å². The molecular formula is C24H18I2N4O3S. The lowest BCUT2D eigenvalue weighted by Crippen LogP contribution is -2.24. The Morgan fingerprint density at radius 2 is 1.91 bits per heavy atom. The van der Waals surface area contributed by atoms with Gasteiger partial charge in [0, 0.05) is 9.13 Å². The highest BCUT2D eigenvalue weighted by Gasteiger charge is 2.16. The van der Waals surface area contributed by atoms with Crippen molar-refractivity contribution in [2.75, 3.05) is 5.75 Å². The van der Waals surface area contributed by atoms with Gasteiger partial charge in [-0.2, -0.15) is 5.10 Å². The van der Waals surface area contributed by atoms with Gasteiger partial charge in [-0.15, -0.1) is 0 Å². The molecule has 10 heteroatoms. The Hall–Kier alpha value is -2.45. The smallest absolute Gasteiger partial charge is 0.266 e. The average molecular weight is 696 g/mol. The van der Waals surface area contributed by atoms with Gasteiger partial charge in [-0.25, -0.2) is 10.4 Å². The molecule has 0 radical (unpaired) electrons. The van der Waals surface area contributed by atoms with Gasteiger partial charge in [0.15, 0.2) is 5.16 Å². The first-order chi connectivity index (χ1) is 16.3. The van der Waals surface area contributed by atoms with Crippen LogP contribution in [0.3, 0.4) is 0 Å². The van der Waals surface area contributed by atoms with Gasteiger partial charge in [0.25, 0.3) is 11.5 Å². The zero-order valence-corrected chi connectivity index (χ0v) is 23.0. The van der Waals surface area contributed by atoms with E-state index in [0.717, 1.165) is 26.6 Å². The summed E-state index contributed by atoms with van der Waals surface area (Å²) in [6, 6.07) is 18.3. The number of amides is 1. The summed E-state index contributed by atoms with van der Waals surface area (Å²) in [5, 5.41) is 15.0. The van der Waals surface area contributed by atoms with E-state index in [1.54, 1.807) is 28.8 Å². The number of benzene rings is 3. The number of carbonyl (C=O) groups is 1. The van der Waals surface area contributed by atoms with E-state index in [9.17, 15) is 14.7 Å². The fourth-order valence-electron chi connectivity index (χ4n) is 3.26. The first-order valence-electron chi connectivity index (χ1n) is 10.1. The number of thioether (sulfide) groups is 1. The summed E-state index contributed by atoms with van der Waals surface area (Å²) >= 11 is 5.34. The first kappa shape index (κ1) is 24.7. The number of aryl methyl sites for hydroxylation is 1. The van der Waals surface area contributed by atoms with E-state index in [2.05, 4.69) is 38.1 Å². The molecule has 0 saturated carbocycles. The summed E-state index contributed by atoms with van der Waals surface area (Å²) in [6.07, 6.45) is 1.40. The fourth-order valence-corrected chi connectivity index (χ4v) is 5.94. The van der Waals surface area contributed by atoms with Crippen LogP contribution in [0.15, 0.2) is 75.7 Å². The third kappa shape index (κ3) is 5.44. The van der Waals surface area contributed by atoms with Crippen molar-refractivity contribution in [1.29, 1.82) is 0 Å². The normalized spacial score (nSPS) is 11.3. The zero-order chi connectivity index (χ0) is 24.2. The van der Waals surface area contributed by atoms with Gasteiger partial charge in [0.05, 0.1) is 32.1 Å². The average Bonchev–Trinajstić information content (AvgIpc) is 2.81. The van der Waals surface area contributed by atoms with E-state index in [4.69, 9.17) is 0 Å². The standard InChI is InChI=1S/C24H18I2N4O3S/c1-14-6-2-5-9-20(14)30-23(33)17-7-3-4-8-19(17)28-24(30)34-13-21(31)29-27-12-15-10-16(25)11-18(26)22(15)32/h2-12,32H,13H2,1H3,(H,29,31)/b27-12+. The molecule has 4 rings (SSSR count). The van der Waals surface area contributed by atoms with Crippen molar-refractivity contribution in [3.63, 3.8) is 0 Å². The lowest BCUT2D eigenvalue weighted by atomic mass is 10.2. The van der Waals surface area contributed by atoms with Gasteiger partial charge in [0.2, 0.25) is 0 Å². The second kappa shape index (κ2) is 10.9. The summed E-state index contributed by atoms with van der Waals surface area (Å²) in [5.74, 6) is -0.250. The van der Waals surface area contributed by atoms with E-state index in [1.165, 1.54) is 6.21 Å². The first-order valence-corrected chi connectivity index (χ1v) is 13.2. The van der Waals surface area contributed by atoms with Gasteiger partial charge in [0.1, 0.15) is 5.75 Å². The van der Waals surface area contributed by atoms with Gasteiger partial charge in [-0.3, -0.25) is 14.2 Å². The molecular weight excluding hydrogens is 678 g/mol. The van der Waals surface area contributed by atoms with Crippen LogP contribution in [-0.2, 0) is 4.79 Å². The van der Waals surface area contributed by atoms with Crippen LogP contribution in [-0.4, -0.2) is 32.5 Å². The van der Waals surface area contributed by atoms with E-state index >= 15 is 0 Å². The number of phenols is 1. The van der Waals surface area contributed by atoms with Crippen molar-refractivity contribution in [1.82, 2.24) is 15.0 Å². The lowest BCUT2D eigenvalue weighted by molar-refractivity contribution is -0.118. The summed E-state index contributed by atoms with van der Waals surface area (Å²) in [7, 11) is 0. The van der Waals surface area contributed by atoms with Gasteiger partial charge >= 0.3 is 0 Å². The van der Waals surface area contributed by atoms with Crippen molar-refractivity contribution in [2.24, 2.45) is 5.10 Å². The molecule has 34 heavy (non-hydrogen) atoms. The van der Waals surface area contributed by atoms with Crippen LogP contribution in [0.4, 0.5) is 0 Å². The van der Waals surface area contributed by atoms with E-state index in [-0.39, 0.29) is 23.0 Å². The van der Waals surface area contributed by atoms with Crippen LogP contribution in [0.5, 0.6) is 5.75 Å². The molecule has 0 unspecified atom stereocenters. The highest BCUT2D eigenvalue weighted by atomic mass is 127. The second-order valence-corrected chi connectivity index (χ2v) is 10.6. The predicted molar refractivity (Wildman–Crippen MR) is 152 cm³/mol. The molecule has 1 heterocycles.